The zero-order valence-corrected chi connectivity index (χ0v) is 72.5. The Morgan fingerprint density at radius 1 is 0.459 bits per heavy atom. The van der Waals surface area contributed by atoms with Crippen molar-refractivity contribution in [3.8, 4) is 83.4 Å². The normalized spacial score (nSPS) is 11.5. The number of ether oxygens (including phenoxy) is 5. The largest absolute Gasteiger partial charge is 0.480 e. The highest BCUT2D eigenvalue weighted by Gasteiger charge is 2.35. The fourth-order valence-electron chi connectivity index (χ4n) is 6.40. The molecule has 25 nitrogen and oxygen atoms in total. The molecular weight excluding hydrogens is 1590 g/mol. The zero-order valence-electron chi connectivity index (χ0n) is 65.3. The minimum absolute atomic E-state index is 0. The smallest absolute Gasteiger partial charge is 0.408 e. The molecule has 2 aromatic rings. The summed E-state index contributed by atoms with van der Waals surface area (Å²) in [6, 6.07) is 19.5. The van der Waals surface area contributed by atoms with Crippen LogP contribution >= 0.6 is 110 Å². The van der Waals surface area contributed by atoms with Crippen molar-refractivity contribution in [1.82, 2.24) is 10.6 Å². The number of carbonyl (C=O) groups is 6. The molecule has 0 saturated heterocycles. The first-order valence-electron chi connectivity index (χ1n) is 32.2. The number of nitrogens with two attached hydrogens (primary N) is 8. The maximum Gasteiger partial charge on any atom is 0.408 e. The van der Waals surface area contributed by atoms with Gasteiger partial charge in [-0.05, 0) is 109 Å². The second-order valence-corrected chi connectivity index (χ2v) is 24.7. The van der Waals surface area contributed by atoms with Gasteiger partial charge in [0.15, 0.2) is 5.54 Å². The highest BCUT2D eigenvalue weighted by molar-refractivity contribution is 6.18. The number of aliphatic imine (C=N–C) groups is 3. The van der Waals surface area contributed by atoms with Crippen LogP contribution in [-0.4, -0.2) is 171 Å². The second-order valence-electron chi connectivity index (χ2n) is 23.9. The third-order valence-electron chi connectivity index (χ3n) is 11.7. The van der Waals surface area contributed by atoms with Gasteiger partial charge in [0.25, 0.3) is 0 Å². The number of nitrogens with zero attached hydrogens (tertiary/aromatic N) is 3. The second kappa shape index (κ2) is 77.5. The SMILES string of the molecule is C#CCN.CC(C)(C)OC(=O)NCC#CCCCl.CC(N)=NCC#CCCC(C)(N)C(=O)O.COC(=O)C(C)(CCC#CCNC(=O)OC(C)(C)C)N=C(c1ccccc1)c1ccccc1.COC(=O)C(C)(N)CCC#CCN.COC(=O)C(C)(N)CCC#CCN=C(C)N.Cl.Cl.Cl.Cl.Cl.Cl.Cl.NCC#CCCCl. The zero-order chi connectivity index (χ0) is 79.1. The predicted octanol–water partition coefficient (Wildman–Crippen LogP) is 9.62. The highest BCUT2D eigenvalue weighted by Crippen LogP contribution is 2.24. The topological polar surface area (TPSA) is 438 Å². The molecule has 0 bridgehead atoms. The Morgan fingerprint density at radius 2 is 0.752 bits per heavy atom. The maximum atomic E-state index is 12.7. The van der Waals surface area contributed by atoms with E-state index < -0.39 is 69.4 Å². The van der Waals surface area contributed by atoms with E-state index in [0.29, 0.717) is 126 Å². The van der Waals surface area contributed by atoms with E-state index in [2.05, 4.69) is 113 Å². The number of hydrogen-bond donors (Lipinski definition) is 11. The lowest BCUT2D eigenvalue weighted by atomic mass is 9.94. The van der Waals surface area contributed by atoms with Crippen LogP contribution < -0.4 is 56.5 Å². The molecule has 620 valence electrons. The molecule has 109 heavy (non-hydrogen) atoms. The standard InChI is InChI=1S/C27H32N2O4.C11H19N3O2.C10H16ClNO2.C10H17N3O2.C9H16N2O2.C5H8ClN.C3H5N.7ClH/c1-26(2,3)33-25(31)28-20-14-8-13-19-27(4,24(30)32-5)29-23(21-15-9-6-10-16-21)22-17-11-7-12-18-22;1-9(12)14-8-6-4-5-7-11(2,13)10(15)16-3;1-10(2,3)14-9(13)12-8-6-4-5-7-11;1-8(11)13-7-5-3-4-6-10(2,12)9(14)15;1-9(11,8(12)13-2)6-4-3-5-7-10;6-4-2-1-3-5-7;1-2-3-4;;;;;;;/h6-7,9-12,15-18H,13,19-20H2,1-5H3,(H,28,31);5,7-8,13H2,1-3H3,(H2,12,14);5,7-8H2,1-3H3,(H,12,13);4,6-7,12H2,1-2H3,(H2,11,13)(H,14,15);4,6-7,10-11H2,1-2H3;2,4-5,7H2;1H,3-4H2;7*1H. The quantitative estimate of drug-likeness (QED) is 0.0138. The molecule has 4 unspecified atom stereocenters. The van der Waals surface area contributed by atoms with E-state index in [4.69, 9.17) is 93.4 Å². The van der Waals surface area contributed by atoms with Gasteiger partial charge in [-0.2, -0.15) is 0 Å². The number of hydrogen-bond acceptors (Lipinski definition) is 20. The van der Waals surface area contributed by atoms with Crippen molar-refractivity contribution >= 4 is 163 Å². The van der Waals surface area contributed by atoms with Crippen molar-refractivity contribution in [2.45, 2.75) is 181 Å². The number of amides is 2. The molecule has 0 aliphatic heterocycles. The summed E-state index contributed by atoms with van der Waals surface area (Å²) in [6.45, 7) is 23.0. The molecular formula is C75H120Cl9N13O12. The van der Waals surface area contributed by atoms with Crippen molar-refractivity contribution in [3.63, 3.8) is 0 Å². The highest BCUT2D eigenvalue weighted by atomic mass is 35.5. The van der Waals surface area contributed by atoms with E-state index >= 15 is 0 Å². The van der Waals surface area contributed by atoms with Crippen LogP contribution in [0.1, 0.15) is 158 Å². The number of alkyl halides is 2. The summed E-state index contributed by atoms with van der Waals surface area (Å²) in [5.74, 6) is 35.7. The van der Waals surface area contributed by atoms with Crippen LogP contribution in [0.3, 0.4) is 0 Å². The number of amidine groups is 2. The van der Waals surface area contributed by atoms with Crippen LogP contribution in [0.25, 0.3) is 0 Å². The molecule has 0 heterocycles. The van der Waals surface area contributed by atoms with Crippen LogP contribution in [0.15, 0.2) is 75.6 Å². The van der Waals surface area contributed by atoms with Crippen molar-refractivity contribution in [2.24, 2.45) is 60.8 Å². The number of halogens is 9. The van der Waals surface area contributed by atoms with Crippen molar-refractivity contribution in [2.75, 3.05) is 78.9 Å². The minimum atomic E-state index is -1.21. The van der Waals surface area contributed by atoms with Crippen LogP contribution in [0, 0.1) is 83.4 Å². The average molecular weight is 1710 g/mol. The van der Waals surface area contributed by atoms with Gasteiger partial charge >= 0.3 is 36.1 Å². The van der Waals surface area contributed by atoms with E-state index in [9.17, 15) is 28.8 Å². The number of benzene rings is 2. The van der Waals surface area contributed by atoms with Crippen LogP contribution in [0.2, 0.25) is 0 Å². The number of rotatable bonds is 21. The van der Waals surface area contributed by atoms with Crippen LogP contribution in [0.4, 0.5) is 9.59 Å². The maximum absolute atomic E-state index is 12.7. The third-order valence-corrected chi connectivity index (χ3v) is 12.1. The summed E-state index contributed by atoms with van der Waals surface area (Å²) in [6.07, 6.45) is 8.62. The van der Waals surface area contributed by atoms with E-state index in [-0.39, 0.29) is 93.4 Å². The lowest BCUT2D eigenvalue weighted by molar-refractivity contribution is -0.147. The monoisotopic (exact) mass is 1710 g/mol. The summed E-state index contributed by atoms with van der Waals surface area (Å²) in [5, 5.41) is 13.8. The van der Waals surface area contributed by atoms with Gasteiger partial charge < -0.3 is 85.3 Å². The minimum Gasteiger partial charge on any atom is -0.480 e. The number of carbonyl (C=O) groups excluding carboxylic acids is 5. The number of esters is 3. The van der Waals surface area contributed by atoms with Crippen molar-refractivity contribution in [1.29, 1.82) is 0 Å². The van der Waals surface area contributed by atoms with Gasteiger partial charge in [-0.1, -0.05) is 102 Å². The first kappa shape index (κ1) is 128. The molecule has 0 saturated carbocycles. The van der Waals surface area contributed by atoms with E-state index in [1.54, 1.807) is 55.4 Å². The number of methoxy groups -OCH3 is 3. The number of carboxylic acid groups (broad SMARTS) is 1. The third kappa shape index (κ3) is 80.1. The Bertz CT molecular complexity index is 3290. The number of aliphatic carboxylic acids is 1. The molecule has 2 aromatic carbocycles. The number of carboxylic acids is 1. The summed E-state index contributed by atoms with van der Waals surface area (Å²) in [5.41, 5.74) is 39.8. The summed E-state index contributed by atoms with van der Waals surface area (Å²) in [4.78, 5) is 81.0. The van der Waals surface area contributed by atoms with Gasteiger partial charge in [0.05, 0.1) is 71.4 Å². The summed E-state index contributed by atoms with van der Waals surface area (Å²) >= 11 is 10.7. The van der Waals surface area contributed by atoms with Crippen molar-refractivity contribution in [3.05, 3.63) is 71.8 Å². The van der Waals surface area contributed by atoms with Crippen LogP contribution in [-0.2, 0) is 42.9 Å². The molecule has 0 radical (unpaired) electrons. The molecule has 2 rings (SSSR count). The molecule has 0 aliphatic rings. The number of nitrogens with one attached hydrogen (secondary N) is 2. The lowest BCUT2D eigenvalue weighted by Crippen LogP contribution is -2.45. The van der Waals surface area contributed by atoms with Gasteiger partial charge in [0.1, 0.15) is 40.9 Å². The molecule has 0 aromatic heterocycles. The van der Waals surface area contributed by atoms with Crippen LogP contribution in [0.5, 0.6) is 0 Å². The van der Waals surface area contributed by atoms with Gasteiger partial charge in [-0.25, -0.2) is 14.4 Å². The number of alkyl carbamates (subject to hydrolysis) is 2. The molecule has 0 aliphatic carbocycles. The fourth-order valence-corrected chi connectivity index (χ4v) is 6.59. The summed E-state index contributed by atoms with van der Waals surface area (Å²) < 4.78 is 24.4. The molecule has 4 atom stereocenters. The Morgan fingerprint density at radius 3 is 1.04 bits per heavy atom. The predicted molar refractivity (Wildman–Crippen MR) is 462 cm³/mol. The lowest BCUT2D eigenvalue weighted by Gasteiger charge is -2.23. The fraction of sp³-hybridized carbons (Fsp3) is 0.533. The van der Waals surface area contributed by atoms with Gasteiger partial charge in [-0.15, -0.1) is 152 Å². The Labute approximate surface area is 702 Å². The first-order chi connectivity index (χ1) is 47.7. The Balaban J connectivity index is -0.000000107. The Kier molecular flexibility index (Phi) is 91.2. The molecule has 19 N–H and O–H groups in total. The first-order valence-corrected chi connectivity index (χ1v) is 33.2. The van der Waals surface area contributed by atoms with Crippen molar-refractivity contribution < 1.29 is 57.6 Å². The van der Waals surface area contributed by atoms with Gasteiger partial charge in [0, 0.05) is 61.4 Å². The average Bonchev–Trinajstić information content (AvgIpc) is 0.810. The van der Waals surface area contributed by atoms with Gasteiger partial charge in [0.2, 0.25) is 0 Å². The molecule has 0 fully saturated rings. The summed E-state index contributed by atoms with van der Waals surface area (Å²) in [7, 11) is 3.99. The van der Waals surface area contributed by atoms with E-state index in [1.165, 1.54) is 28.3 Å². The van der Waals surface area contributed by atoms with E-state index in [0.717, 1.165) is 17.5 Å². The molecule has 34 heteroatoms. The number of terminal acetylenes is 1. The molecule has 0 spiro atoms. The van der Waals surface area contributed by atoms with Gasteiger partial charge in [-0.3, -0.25) is 29.4 Å². The molecule has 2 amide bonds. The Hall–Kier alpha value is -7.24. The van der Waals surface area contributed by atoms with E-state index in [1.807, 2.05) is 81.4 Å².